The van der Waals surface area contributed by atoms with Crippen LogP contribution in [-0.4, -0.2) is 36.1 Å². The van der Waals surface area contributed by atoms with Crippen LogP contribution in [0.1, 0.15) is 26.2 Å². The van der Waals surface area contributed by atoms with Gasteiger partial charge in [0, 0.05) is 19.5 Å². The Morgan fingerprint density at radius 3 is 3.00 bits per heavy atom. The molecule has 86 valence electrons. The minimum atomic E-state index is -0.482. The first kappa shape index (κ1) is 12.0. The van der Waals surface area contributed by atoms with Crippen molar-refractivity contribution in [2.75, 3.05) is 13.1 Å². The maximum Gasteiger partial charge on any atom is 0.225 e. The summed E-state index contributed by atoms with van der Waals surface area (Å²) in [7, 11) is 0. The minimum Gasteiger partial charge on any atom is -0.391 e. The fourth-order valence-corrected chi connectivity index (χ4v) is 1.59. The Balaban J connectivity index is 2.21. The summed E-state index contributed by atoms with van der Waals surface area (Å²) < 4.78 is 0. The van der Waals surface area contributed by atoms with E-state index in [4.69, 9.17) is 0 Å². The van der Waals surface area contributed by atoms with Gasteiger partial charge in [-0.25, -0.2) is 0 Å². The highest BCUT2D eigenvalue weighted by Crippen LogP contribution is 2.08. The third kappa shape index (κ3) is 3.87. The Morgan fingerprint density at radius 1 is 1.73 bits per heavy atom. The van der Waals surface area contributed by atoms with Crippen molar-refractivity contribution in [3.05, 3.63) is 0 Å². The van der Waals surface area contributed by atoms with Crippen LogP contribution in [-0.2, 0) is 9.59 Å². The second-order valence-electron chi connectivity index (χ2n) is 3.89. The van der Waals surface area contributed by atoms with Crippen molar-refractivity contribution >= 4 is 11.8 Å². The highest BCUT2D eigenvalue weighted by Gasteiger charge is 2.27. The summed E-state index contributed by atoms with van der Waals surface area (Å²) in [6.07, 6.45) is 1.35. The van der Waals surface area contributed by atoms with Gasteiger partial charge in [0.15, 0.2) is 0 Å². The lowest BCUT2D eigenvalue weighted by molar-refractivity contribution is -0.126. The van der Waals surface area contributed by atoms with Gasteiger partial charge in [-0.15, -0.1) is 0 Å². The molecule has 1 aliphatic rings. The summed E-state index contributed by atoms with van der Waals surface area (Å²) in [4.78, 5) is 22.3. The number of hydrogen-bond acceptors (Lipinski definition) is 3. The first-order valence-electron chi connectivity index (χ1n) is 5.36. The largest absolute Gasteiger partial charge is 0.391 e. The third-order valence-electron chi connectivity index (χ3n) is 2.48. The number of rotatable bonds is 5. The van der Waals surface area contributed by atoms with E-state index in [1.54, 1.807) is 0 Å². The van der Waals surface area contributed by atoms with Crippen molar-refractivity contribution in [1.29, 1.82) is 0 Å². The van der Waals surface area contributed by atoms with Gasteiger partial charge >= 0.3 is 0 Å². The summed E-state index contributed by atoms with van der Waals surface area (Å²) >= 11 is 0. The number of carbonyl (C=O) groups is 2. The Labute approximate surface area is 89.2 Å². The molecular weight excluding hydrogens is 196 g/mol. The molecule has 2 unspecified atom stereocenters. The number of hydrogen-bond donors (Lipinski definition) is 3. The second kappa shape index (κ2) is 5.70. The maximum atomic E-state index is 11.5. The third-order valence-corrected chi connectivity index (χ3v) is 2.48. The topological polar surface area (TPSA) is 78.4 Å². The van der Waals surface area contributed by atoms with E-state index in [2.05, 4.69) is 10.6 Å². The molecule has 0 radical (unpaired) electrons. The molecule has 2 amide bonds. The average molecular weight is 214 g/mol. The smallest absolute Gasteiger partial charge is 0.225 e. The zero-order valence-electron chi connectivity index (χ0n) is 8.95. The molecule has 1 fully saturated rings. The summed E-state index contributed by atoms with van der Waals surface area (Å²) in [5.74, 6) is -0.501. The molecule has 0 saturated carbocycles. The van der Waals surface area contributed by atoms with E-state index in [0.717, 1.165) is 6.42 Å². The molecule has 0 aliphatic carbocycles. The van der Waals surface area contributed by atoms with Crippen LogP contribution in [0.25, 0.3) is 0 Å². The van der Waals surface area contributed by atoms with Crippen molar-refractivity contribution in [2.24, 2.45) is 5.92 Å². The van der Waals surface area contributed by atoms with E-state index >= 15 is 0 Å². The van der Waals surface area contributed by atoms with E-state index < -0.39 is 6.10 Å². The Kier molecular flexibility index (Phi) is 4.55. The van der Waals surface area contributed by atoms with E-state index in [1.807, 2.05) is 6.92 Å². The van der Waals surface area contributed by atoms with Gasteiger partial charge < -0.3 is 15.7 Å². The quantitative estimate of drug-likeness (QED) is 0.572. The molecule has 0 spiro atoms. The van der Waals surface area contributed by atoms with Gasteiger partial charge in [0.25, 0.3) is 0 Å². The number of aliphatic hydroxyl groups is 1. The Morgan fingerprint density at radius 2 is 2.47 bits per heavy atom. The molecule has 3 N–H and O–H groups in total. The minimum absolute atomic E-state index is 0.0794. The van der Waals surface area contributed by atoms with E-state index in [0.29, 0.717) is 13.0 Å². The second-order valence-corrected chi connectivity index (χ2v) is 3.89. The Bertz CT molecular complexity index is 243. The molecule has 15 heavy (non-hydrogen) atoms. The molecule has 5 nitrogen and oxygen atoms in total. The van der Waals surface area contributed by atoms with E-state index in [1.165, 1.54) is 0 Å². The first-order valence-corrected chi connectivity index (χ1v) is 5.36. The van der Waals surface area contributed by atoms with Gasteiger partial charge in [-0.1, -0.05) is 13.3 Å². The summed E-state index contributed by atoms with van der Waals surface area (Å²) in [6, 6.07) is 0. The molecular formula is C10H18N2O3. The SMILES string of the molecule is CCCC(O)CNC(=O)C1CNC(=O)C1. The summed E-state index contributed by atoms with van der Waals surface area (Å²) in [5, 5.41) is 14.6. The standard InChI is InChI=1S/C10H18N2O3/c1-2-3-8(13)6-12-10(15)7-4-9(14)11-5-7/h7-8,13H,2-6H2,1H3,(H,11,14)(H,12,15). The lowest BCUT2D eigenvalue weighted by Crippen LogP contribution is -2.37. The predicted molar refractivity (Wildman–Crippen MR) is 55.0 cm³/mol. The zero-order valence-corrected chi connectivity index (χ0v) is 8.95. The van der Waals surface area contributed by atoms with Crippen molar-refractivity contribution in [1.82, 2.24) is 10.6 Å². The maximum absolute atomic E-state index is 11.5. The highest BCUT2D eigenvalue weighted by molar-refractivity contribution is 5.89. The van der Waals surface area contributed by atoms with Gasteiger partial charge in [0.1, 0.15) is 0 Å². The van der Waals surface area contributed by atoms with Gasteiger partial charge in [0.2, 0.25) is 11.8 Å². The molecule has 1 heterocycles. The van der Waals surface area contributed by atoms with E-state index in [9.17, 15) is 14.7 Å². The predicted octanol–water partition coefficient (Wildman–Crippen LogP) is -0.600. The molecule has 1 aliphatic heterocycles. The summed E-state index contributed by atoms with van der Waals surface area (Å²) in [5.41, 5.74) is 0. The van der Waals surface area contributed by atoms with Crippen LogP contribution in [0.2, 0.25) is 0 Å². The zero-order chi connectivity index (χ0) is 11.3. The molecule has 0 aromatic rings. The average Bonchev–Trinajstić information content (AvgIpc) is 2.62. The van der Waals surface area contributed by atoms with Gasteiger partial charge in [-0.05, 0) is 6.42 Å². The summed E-state index contributed by atoms with van der Waals surface area (Å²) in [6.45, 7) is 2.66. The fraction of sp³-hybridized carbons (Fsp3) is 0.800. The van der Waals surface area contributed by atoms with Crippen LogP contribution in [0.15, 0.2) is 0 Å². The molecule has 1 rings (SSSR count). The fourth-order valence-electron chi connectivity index (χ4n) is 1.59. The lowest BCUT2D eigenvalue weighted by atomic mass is 10.1. The normalized spacial score (nSPS) is 22.3. The lowest BCUT2D eigenvalue weighted by Gasteiger charge is -2.12. The van der Waals surface area contributed by atoms with Crippen LogP contribution < -0.4 is 10.6 Å². The highest BCUT2D eigenvalue weighted by atomic mass is 16.3. The molecule has 5 heteroatoms. The van der Waals surface area contributed by atoms with Gasteiger partial charge in [-0.2, -0.15) is 0 Å². The van der Waals surface area contributed by atoms with Crippen LogP contribution in [0.5, 0.6) is 0 Å². The monoisotopic (exact) mass is 214 g/mol. The molecule has 0 aromatic carbocycles. The van der Waals surface area contributed by atoms with Gasteiger partial charge in [-0.3, -0.25) is 9.59 Å². The number of carbonyl (C=O) groups excluding carboxylic acids is 2. The molecule has 0 aromatic heterocycles. The van der Waals surface area contributed by atoms with Crippen molar-refractivity contribution in [2.45, 2.75) is 32.3 Å². The van der Waals surface area contributed by atoms with Crippen LogP contribution in [0.3, 0.4) is 0 Å². The first-order chi connectivity index (χ1) is 7.13. The Hall–Kier alpha value is -1.10. The molecule has 0 bridgehead atoms. The van der Waals surface area contributed by atoms with Crippen molar-refractivity contribution in [3.8, 4) is 0 Å². The van der Waals surface area contributed by atoms with Crippen LogP contribution in [0, 0.1) is 5.92 Å². The van der Waals surface area contributed by atoms with Crippen molar-refractivity contribution in [3.63, 3.8) is 0 Å². The number of amides is 2. The van der Waals surface area contributed by atoms with Crippen molar-refractivity contribution < 1.29 is 14.7 Å². The molecule has 1 saturated heterocycles. The van der Waals surface area contributed by atoms with Crippen LogP contribution in [0.4, 0.5) is 0 Å². The van der Waals surface area contributed by atoms with E-state index in [-0.39, 0.29) is 30.7 Å². The number of nitrogens with one attached hydrogen (secondary N) is 2. The van der Waals surface area contributed by atoms with Gasteiger partial charge in [0.05, 0.1) is 12.0 Å². The number of aliphatic hydroxyl groups excluding tert-OH is 1. The van der Waals surface area contributed by atoms with Crippen LogP contribution >= 0.6 is 0 Å². The molecule has 2 atom stereocenters.